The van der Waals surface area contributed by atoms with Crippen LogP contribution in [0.5, 0.6) is 0 Å². The molecule has 0 aliphatic rings. The Morgan fingerprint density at radius 1 is 1.46 bits per heavy atom. The molecule has 0 aliphatic carbocycles. The third kappa shape index (κ3) is 2.78. The van der Waals surface area contributed by atoms with Crippen LogP contribution in [0.1, 0.15) is 12.5 Å². The molecule has 1 N–H and O–H groups in total. The molecule has 0 heterocycles. The topological polar surface area (TPSA) is 38.3 Å². The second kappa shape index (κ2) is 5.19. The summed E-state index contributed by atoms with van der Waals surface area (Å²) in [6.07, 6.45) is 0. The number of benzene rings is 1. The van der Waals surface area contributed by atoms with Gasteiger partial charge in [0, 0.05) is 17.8 Å². The average Bonchev–Trinajstić information content (AvgIpc) is 2.17. The third-order valence-corrected chi connectivity index (χ3v) is 1.69. The molecule has 3 heteroatoms. The molecule has 0 saturated heterocycles. The Hall–Kier alpha value is -1.51. The first-order valence-corrected chi connectivity index (χ1v) is 4.25. The maximum absolute atomic E-state index is 10.0. The Morgan fingerprint density at radius 2 is 2.23 bits per heavy atom. The SMILES string of the molecule is CCNc1ccccc1COC=O. The van der Waals surface area contributed by atoms with Gasteiger partial charge in [0.1, 0.15) is 6.61 Å². The molecule has 0 spiro atoms. The lowest BCUT2D eigenvalue weighted by Crippen LogP contribution is -2.01. The zero-order chi connectivity index (χ0) is 9.52. The predicted octanol–water partition coefficient (Wildman–Crippen LogP) is 1.79. The Balaban J connectivity index is 2.71. The molecule has 3 nitrogen and oxygen atoms in total. The van der Waals surface area contributed by atoms with Crippen LogP contribution in [0.15, 0.2) is 24.3 Å². The number of ether oxygens (including phenoxy) is 1. The lowest BCUT2D eigenvalue weighted by Gasteiger charge is -2.08. The van der Waals surface area contributed by atoms with Crippen molar-refractivity contribution in [3.05, 3.63) is 29.8 Å². The summed E-state index contributed by atoms with van der Waals surface area (Å²) in [5.74, 6) is 0. The molecule has 0 bridgehead atoms. The van der Waals surface area contributed by atoms with Crippen LogP contribution in [0.2, 0.25) is 0 Å². The van der Waals surface area contributed by atoms with Crippen molar-refractivity contribution in [2.75, 3.05) is 11.9 Å². The molecule has 1 rings (SSSR count). The van der Waals surface area contributed by atoms with Crippen molar-refractivity contribution in [3.63, 3.8) is 0 Å². The van der Waals surface area contributed by atoms with Gasteiger partial charge in [-0.25, -0.2) is 0 Å². The molecule has 0 atom stereocenters. The lowest BCUT2D eigenvalue weighted by atomic mass is 10.2. The number of hydrogen-bond acceptors (Lipinski definition) is 3. The molecule has 13 heavy (non-hydrogen) atoms. The average molecular weight is 179 g/mol. The molecule has 0 saturated carbocycles. The summed E-state index contributed by atoms with van der Waals surface area (Å²) in [5, 5.41) is 3.19. The van der Waals surface area contributed by atoms with E-state index in [1.54, 1.807) is 0 Å². The van der Waals surface area contributed by atoms with Crippen LogP contribution >= 0.6 is 0 Å². The van der Waals surface area contributed by atoms with Crippen molar-refractivity contribution < 1.29 is 9.53 Å². The first-order valence-electron chi connectivity index (χ1n) is 4.25. The van der Waals surface area contributed by atoms with Gasteiger partial charge < -0.3 is 10.1 Å². The van der Waals surface area contributed by atoms with Crippen molar-refractivity contribution in [1.29, 1.82) is 0 Å². The summed E-state index contributed by atoms with van der Waals surface area (Å²) in [6.45, 7) is 3.67. The van der Waals surface area contributed by atoms with E-state index in [-0.39, 0.29) is 0 Å². The monoisotopic (exact) mass is 179 g/mol. The fourth-order valence-corrected chi connectivity index (χ4v) is 1.13. The van der Waals surface area contributed by atoms with Crippen molar-refractivity contribution in [3.8, 4) is 0 Å². The minimum atomic E-state index is 0.326. The van der Waals surface area contributed by atoms with E-state index < -0.39 is 0 Å². The van der Waals surface area contributed by atoms with Crippen LogP contribution in [0, 0.1) is 0 Å². The normalized spacial score (nSPS) is 9.31. The number of para-hydroxylation sites is 1. The van der Waals surface area contributed by atoms with Gasteiger partial charge in [0.05, 0.1) is 0 Å². The largest absolute Gasteiger partial charge is 0.463 e. The van der Waals surface area contributed by atoms with E-state index in [1.807, 2.05) is 31.2 Å². The summed E-state index contributed by atoms with van der Waals surface area (Å²) < 4.78 is 4.69. The maximum atomic E-state index is 10.0. The smallest absolute Gasteiger partial charge is 0.293 e. The molecular weight excluding hydrogens is 166 g/mol. The molecule has 0 radical (unpaired) electrons. The molecule has 0 aromatic heterocycles. The van der Waals surface area contributed by atoms with E-state index in [9.17, 15) is 4.79 Å². The van der Waals surface area contributed by atoms with Gasteiger partial charge in [0.25, 0.3) is 6.47 Å². The highest BCUT2D eigenvalue weighted by Gasteiger charge is 1.99. The summed E-state index contributed by atoms with van der Waals surface area (Å²) in [6, 6.07) is 7.77. The lowest BCUT2D eigenvalue weighted by molar-refractivity contribution is -0.129. The second-order valence-corrected chi connectivity index (χ2v) is 2.59. The third-order valence-electron chi connectivity index (χ3n) is 1.69. The zero-order valence-electron chi connectivity index (χ0n) is 7.62. The number of rotatable bonds is 5. The Bertz CT molecular complexity index is 273. The van der Waals surface area contributed by atoms with Crippen LogP contribution in [-0.4, -0.2) is 13.0 Å². The van der Waals surface area contributed by atoms with Crippen molar-refractivity contribution >= 4 is 12.2 Å². The van der Waals surface area contributed by atoms with E-state index >= 15 is 0 Å². The van der Waals surface area contributed by atoms with Gasteiger partial charge >= 0.3 is 0 Å². The fourth-order valence-electron chi connectivity index (χ4n) is 1.13. The van der Waals surface area contributed by atoms with Crippen molar-refractivity contribution in [2.24, 2.45) is 0 Å². The van der Waals surface area contributed by atoms with E-state index in [0.717, 1.165) is 17.8 Å². The first-order chi connectivity index (χ1) is 6.38. The van der Waals surface area contributed by atoms with Crippen LogP contribution in [0.25, 0.3) is 0 Å². The summed E-state index contributed by atoms with van der Waals surface area (Å²) in [7, 11) is 0. The number of hydrogen-bond donors (Lipinski definition) is 1. The van der Waals surface area contributed by atoms with Gasteiger partial charge in [0.2, 0.25) is 0 Å². The summed E-state index contributed by atoms with van der Waals surface area (Å²) in [5.41, 5.74) is 2.02. The van der Waals surface area contributed by atoms with Crippen molar-refractivity contribution in [1.82, 2.24) is 0 Å². The van der Waals surface area contributed by atoms with Crippen LogP contribution in [-0.2, 0) is 16.1 Å². The van der Waals surface area contributed by atoms with Gasteiger partial charge in [0.15, 0.2) is 0 Å². The number of anilines is 1. The minimum absolute atomic E-state index is 0.326. The molecule has 0 aliphatic heterocycles. The second-order valence-electron chi connectivity index (χ2n) is 2.59. The quantitative estimate of drug-likeness (QED) is 0.700. The molecule has 1 aromatic carbocycles. The van der Waals surface area contributed by atoms with Crippen LogP contribution < -0.4 is 5.32 Å². The molecule has 0 amide bonds. The van der Waals surface area contributed by atoms with Gasteiger partial charge in [-0.15, -0.1) is 0 Å². The number of carbonyl (C=O) groups excluding carboxylic acids is 1. The number of carbonyl (C=O) groups is 1. The molecule has 70 valence electrons. The number of nitrogens with one attached hydrogen (secondary N) is 1. The highest BCUT2D eigenvalue weighted by molar-refractivity contribution is 5.51. The summed E-state index contributed by atoms with van der Waals surface area (Å²) in [4.78, 5) is 10.0. The first kappa shape index (κ1) is 9.58. The molecule has 0 unspecified atom stereocenters. The highest BCUT2D eigenvalue weighted by atomic mass is 16.5. The fraction of sp³-hybridized carbons (Fsp3) is 0.300. The molecule has 0 fully saturated rings. The van der Waals surface area contributed by atoms with Gasteiger partial charge in [-0.3, -0.25) is 4.79 Å². The van der Waals surface area contributed by atoms with Gasteiger partial charge in [-0.2, -0.15) is 0 Å². The Morgan fingerprint density at radius 3 is 2.92 bits per heavy atom. The minimum Gasteiger partial charge on any atom is -0.463 e. The van der Waals surface area contributed by atoms with E-state index in [2.05, 4.69) is 10.1 Å². The molecular formula is C10H13NO2. The molecule has 1 aromatic rings. The van der Waals surface area contributed by atoms with Gasteiger partial charge in [-0.05, 0) is 13.0 Å². The summed E-state index contributed by atoms with van der Waals surface area (Å²) >= 11 is 0. The van der Waals surface area contributed by atoms with Crippen molar-refractivity contribution in [2.45, 2.75) is 13.5 Å². The Kier molecular flexibility index (Phi) is 3.82. The van der Waals surface area contributed by atoms with Crippen LogP contribution in [0.3, 0.4) is 0 Å². The Labute approximate surface area is 77.7 Å². The zero-order valence-corrected chi connectivity index (χ0v) is 7.62. The van der Waals surface area contributed by atoms with Gasteiger partial charge in [-0.1, -0.05) is 18.2 Å². The van der Waals surface area contributed by atoms with E-state index in [0.29, 0.717) is 13.1 Å². The standard InChI is InChI=1S/C10H13NO2/c1-2-11-10-6-4-3-5-9(10)7-13-8-12/h3-6,8,11H,2,7H2,1H3. The van der Waals surface area contributed by atoms with E-state index in [1.165, 1.54) is 0 Å². The maximum Gasteiger partial charge on any atom is 0.293 e. The van der Waals surface area contributed by atoms with E-state index in [4.69, 9.17) is 0 Å². The van der Waals surface area contributed by atoms with Crippen LogP contribution in [0.4, 0.5) is 5.69 Å². The highest BCUT2D eigenvalue weighted by Crippen LogP contribution is 2.14. The predicted molar refractivity (Wildman–Crippen MR) is 51.5 cm³/mol.